The van der Waals surface area contributed by atoms with Crippen LogP contribution < -0.4 is 0 Å². The smallest absolute Gasteiger partial charge is 0.137 e. The molecule has 0 aromatic carbocycles. The van der Waals surface area contributed by atoms with Gasteiger partial charge < -0.3 is 0 Å². The van der Waals surface area contributed by atoms with E-state index in [-0.39, 0.29) is 0 Å². The lowest BCUT2D eigenvalue weighted by molar-refractivity contribution is 0.918. The van der Waals surface area contributed by atoms with Gasteiger partial charge in [0.2, 0.25) is 0 Å². The molecule has 4 heteroatoms. The molecule has 0 bridgehead atoms. The first-order valence-corrected chi connectivity index (χ1v) is 6.20. The van der Waals surface area contributed by atoms with Gasteiger partial charge in [-0.25, -0.2) is 9.97 Å². The predicted molar refractivity (Wildman–Crippen MR) is 63.7 cm³/mol. The van der Waals surface area contributed by atoms with Gasteiger partial charge in [-0.05, 0) is 25.0 Å². The lowest BCUT2D eigenvalue weighted by atomic mass is 10.0. The van der Waals surface area contributed by atoms with Gasteiger partial charge in [-0.3, -0.25) is 4.40 Å². The molecule has 3 aromatic rings. The molecule has 3 heterocycles. The van der Waals surface area contributed by atoms with Gasteiger partial charge in [0.1, 0.15) is 11.3 Å². The lowest BCUT2D eigenvalue weighted by Gasteiger charge is -2.09. The number of nitrogens with zero attached hydrogens (tertiary/aromatic N) is 3. The van der Waals surface area contributed by atoms with Crippen molar-refractivity contribution in [3.8, 4) is 11.4 Å². The first kappa shape index (κ1) is 8.47. The number of aryl methyl sites for hydroxylation is 2. The zero-order valence-corrected chi connectivity index (χ0v) is 9.37. The molecule has 0 atom stereocenters. The van der Waals surface area contributed by atoms with Crippen molar-refractivity contribution >= 4 is 17.0 Å². The molecule has 0 radical (unpaired) electrons. The Morgan fingerprint density at radius 1 is 1.25 bits per heavy atom. The van der Waals surface area contributed by atoms with E-state index in [1.807, 2.05) is 23.7 Å². The number of hydrogen-bond acceptors (Lipinski definition) is 3. The van der Waals surface area contributed by atoms with Crippen molar-refractivity contribution in [2.45, 2.75) is 12.8 Å². The third-order valence-corrected chi connectivity index (χ3v) is 3.95. The van der Waals surface area contributed by atoms with Crippen LogP contribution in [0, 0.1) is 0 Å². The highest BCUT2D eigenvalue weighted by Crippen LogP contribution is 2.34. The Labute approximate surface area is 96.4 Å². The average molecular weight is 227 g/mol. The molecule has 0 unspecified atom stereocenters. The van der Waals surface area contributed by atoms with E-state index in [9.17, 15) is 0 Å². The summed E-state index contributed by atoms with van der Waals surface area (Å²) in [5.41, 5.74) is 6.46. The largest absolute Gasteiger partial charge is 0.298 e. The molecule has 0 saturated heterocycles. The Morgan fingerprint density at radius 3 is 3.25 bits per heavy atom. The molecular weight excluding hydrogens is 218 g/mol. The highest BCUT2D eigenvalue weighted by molar-refractivity contribution is 7.10. The van der Waals surface area contributed by atoms with Crippen molar-refractivity contribution in [2.75, 3.05) is 0 Å². The molecule has 3 nitrogen and oxygen atoms in total. The number of aromatic nitrogens is 3. The molecular formula is C12H9N3S. The number of hydrogen-bond donors (Lipinski definition) is 0. The highest BCUT2D eigenvalue weighted by Gasteiger charge is 2.23. The van der Waals surface area contributed by atoms with Crippen LogP contribution in [0.15, 0.2) is 29.9 Å². The van der Waals surface area contributed by atoms with E-state index in [0.29, 0.717) is 0 Å². The Bertz CT molecular complexity index is 680. The summed E-state index contributed by atoms with van der Waals surface area (Å²) in [6, 6.07) is 6.11. The Kier molecular flexibility index (Phi) is 1.54. The van der Waals surface area contributed by atoms with E-state index in [1.54, 1.807) is 11.3 Å². The molecule has 1 aliphatic carbocycles. The summed E-state index contributed by atoms with van der Waals surface area (Å²) in [6.45, 7) is 0. The van der Waals surface area contributed by atoms with Crippen molar-refractivity contribution in [3.05, 3.63) is 40.5 Å². The average Bonchev–Trinajstić information content (AvgIpc) is 2.91. The van der Waals surface area contributed by atoms with Crippen LogP contribution in [0.3, 0.4) is 0 Å². The summed E-state index contributed by atoms with van der Waals surface area (Å²) in [4.78, 5) is 10.5. The van der Waals surface area contributed by atoms with Crippen molar-refractivity contribution in [3.63, 3.8) is 0 Å². The molecule has 16 heavy (non-hydrogen) atoms. The second-order valence-corrected chi connectivity index (χ2v) is 4.90. The number of imidazole rings is 1. The SMILES string of the molecule is c1ccn2c3c(nc2c1)CCc1scnc1-3. The normalized spacial score (nSPS) is 13.8. The van der Waals surface area contributed by atoms with Gasteiger partial charge in [-0.2, -0.15) is 0 Å². The van der Waals surface area contributed by atoms with Gasteiger partial charge in [0.25, 0.3) is 0 Å². The number of rotatable bonds is 0. The molecule has 0 fully saturated rings. The first-order chi connectivity index (χ1) is 7.93. The summed E-state index contributed by atoms with van der Waals surface area (Å²) >= 11 is 1.75. The van der Waals surface area contributed by atoms with Crippen molar-refractivity contribution < 1.29 is 0 Å². The monoisotopic (exact) mass is 227 g/mol. The predicted octanol–water partition coefficient (Wildman–Crippen LogP) is 2.56. The van der Waals surface area contributed by atoms with E-state index in [0.717, 1.165) is 24.2 Å². The second-order valence-electron chi connectivity index (χ2n) is 3.96. The van der Waals surface area contributed by atoms with Crippen molar-refractivity contribution in [2.24, 2.45) is 0 Å². The summed E-state index contributed by atoms with van der Waals surface area (Å²) in [6.07, 6.45) is 4.18. The van der Waals surface area contributed by atoms with Crippen LogP contribution >= 0.6 is 11.3 Å². The highest BCUT2D eigenvalue weighted by atomic mass is 32.1. The van der Waals surface area contributed by atoms with Crippen molar-refractivity contribution in [1.29, 1.82) is 0 Å². The van der Waals surface area contributed by atoms with Gasteiger partial charge in [0.15, 0.2) is 0 Å². The van der Waals surface area contributed by atoms with E-state index in [2.05, 4.69) is 20.6 Å². The maximum atomic E-state index is 4.66. The molecule has 1 aliphatic rings. The van der Waals surface area contributed by atoms with Crippen LogP contribution in [-0.2, 0) is 12.8 Å². The van der Waals surface area contributed by atoms with Gasteiger partial charge >= 0.3 is 0 Å². The fourth-order valence-electron chi connectivity index (χ4n) is 2.34. The van der Waals surface area contributed by atoms with Crippen LogP contribution in [0.25, 0.3) is 17.0 Å². The van der Waals surface area contributed by atoms with E-state index >= 15 is 0 Å². The minimum atomic E-state index is 1.02. The quantitative estimate of drug-likeness (QED) is 0.591. The number of thiazole rings is 1. The third kappa shape index (κ3) is 0.971. The Balaban J connectivity index is 2.16. The Hall–Kier alpha value is -1.68. The van der Waals surface area contributed by atoms with E-state index in [4.69, 9.17) is 0 Å². The van der Waals surface area contributed by atoms with E-state index in [1.165, 1.54) is 16.3 Å². The van der Waals surface area contributed by atoms with Crippen molar-refractivity contribution in [1.82, 2.24) is 14.4 Å². The molecule has 4 rings (SSSR count). The molecule has 0 aliphatic heterocycles. The molecule has 0 saturated carbocycles. The van der Waals surface area contributed by atoms with Crippen LogP contribution in [0.1, 0.15) is 10.6 Å². The van der Waals surface area contributed by atoms with Gasteiger partial charge in [0, 0.05) is 11.1 Å². The fourth-order valence-corrected chi connectivity index (χ4v) is 3.11. The fraction of sp³-hybridized carbons (Fsp3) is 0.167. The minimum absolute atomic E-state index is 1.02. The zero-order chi connectivity index (χ0) is 10.5. The summed E-state index contributed by atoms with van der Waals surface area (Å²) < 4.78 is 2.15. The standard InChI is InChI=1S/C12H9N3S/c1-2-6-15-10(3-1)14-8-4-5-9-11(12(8)15)13-7-16-9/h1-3,6-7H,4-5H2. The minimum Gasteiger partial charge on any atom is -0.298 e. The van der Waals surface area contributed by atoms with Gasteiger partial charge in [0.05, 0.1) is 16.9 Å². The lowest BCUT2D eigenvalue weighted by Crippen LogP contribution is -2.02. The van der Waals surface area contributed by atoms with E-state index < -0.39 is 0 Å². The molecule has 78 valence electrons. The number of pyridine rings is 1. The van der Waals surface area contributed by atoms with Crippen LogP contribution in [0.5, 0.6) is 0 Å². The molecule has 0 N–H and O–H groups in total. The molecule has 0 amide bonds. The molecule has 3 aromatic heterocycles. The van der Waals surface area contributed by atoms with Gasteiger partial charge in [-0.1, -0.05) is 6.07 Å². The second kappa shape index (κ2) is 2.92. The summed E-state index contributed by atoms with van der Waals surface area (Å²) in [5, 5.41) is 0. The topological polar surface area (TPSA) is 30.2 Å². The maximum Gasteiger partial charge on any atom is 0.137 e. The summed E-state index contributed by atoms with van der Waals surface area (Å²) in [7, 11) is 0. The van der Waals surface area contributed by atoms with Crippen LogP contribution in [0.2, 0.25) is 0 Å². The summed E-state index contributed by atoms with van der Waals surface area (Å²) in [5.74, 6) is 0. The molecule has 0 spiro atoms. The maximum absolute atomic E-state index is 4.66. The first-order valence-electron chi connectivity index (χ1n) is 5.32. The third-order valence-electron chi connectivity index (χ3n) is 3.06. The van der Waals surface area contributed by atoms with Gasteiger partial charge in [-0.15, -0.1) is 11.3 Å². The van der Waals surface area contributed by atoms with Crippen LogP contribution in [0.4, 0.5) is 0 Å². The van der Waals surface area contributed by atoms with Crippen LogP contribution in [-0.4, -0.2) is 14.4 Å². The zero-order valence-electron chi connectivity index (χ0n) is 8.55. The Morgan fingerprint density at radius 2 is 2.25 bits per heavy atom. The number of fused-ring (bicyclic) bond motifs is 5.